The van der Waals surface area contributed by atoms with E-state index in [1.54, 1.807) is 6.92 Å². The topological polar surface area (TPSA) is 34.3 Å². The van der Waals surface area contributed by atoms with Gasteiger partial charge >= 0.3 is 40.5 Å². The summed E-state index contributed by atoms with van der Waals surface area (Å²) in [6, 6.07) is 0. The van der Waals surface area contributed by atoms with Gasteiger partial charge in [0.2, 0.25) is 0 Å². The monoisotopic (exact) mass is 300 g/mol. The second-order valence-corrected chi connectivity index (χ2v) is 6.04. The van der Waals surface area contributed by atoms with E-state index >= 15 is 0 Å². The molecule has 1 aliphatic heterocycles. The number of hydrogen-bond acceptors (Lipinski definition) is 3. The van der Waals surface area contributed by atoms with E-state index in [4.69, 9.17) is 19.4 Å². The molecule has 58 valence electrons. The Morgan fingerprint density at radius 1 is 1.55 bits per heavy atom. The summed E-state index contributed by atoms with van der Waals surface area (Å²) in [5.41, 5.74) is 0. The summed E-state index contributed by atoms with van der Waals surface area (Å²) < 4.78 is 4.66. The summed E-state index contributed by atoms with van der Waals surface area (Å²) in [5.74, 6) is -0.818. The van der Waals surface area contributed by atoms with Crippen molar-refractivity contribution >= 4 is 19.4 Å². The first-order valence-corrected chi connectivity index (χ1v) is 10.3. The Hall–Kier alpha value is 1.29. The molecular formula is C4H6Cl2O3Zn2. The van der Waals surface area contributed by atoms with Gasteiger partial charge in [0.25, 0.3) is 0 Å². The quantitative estimate of drug-likeness (QED) is 0.339. The molecule has 0 radical (unpaired) electrons. The summed E-state index contributed by atoms with van der Waals surface area (Å²) in [6.45, 7) is 4.95. The molecule has 1 heterocycles. The van der Waals surface area contributed by atoms with Crippen molar-refractivity contribution in [2.24, 2.45) is 0 Å². The average Bonchev–Trinajstić information content (AvgIpc) is 2.51. The molecule has 11 heavy (non-hydrogen) atoms. The predicted octanol–water partition coefficient (Wildman–Crippen LogP) is 2.16. The molecule has 1 aliphatic rings. The molecule has 1 rings (SSSR count). The molecule has 3 nitrogen and oxygen atoms in total. The molecule has 0 aromatic rings. The standard InChI is InChI=1S/C4H6O3.2ClH.2Zn/c1-3-5-4(2)6-7-4;;;;/h3H,1H2,2H3;2*1H;;/q;;;;+2/p-2. The van der Waals surface area contributed by atoms with Crippen LogP contribution in [0.3, 0.4) is 0 Å². The molecule has 0 aliphatic carbocycles. The van der Waals surface area contributed by atoms with Crippen LogP contribution < -0.4 is 0 Å². The molecule has 0 saturated carbocycles. The molecule has 0 aromatic heterocycles. The van der Waals surface area contributed by atoms with Crippen LogP contribution >= 0.6 is 19.4 Å². The SMILES string of the molecule is C=COC1(C)OO1.[Cl][Zn][Cl].[Zn]. The van der Waals surface area contributed by atoms with Gasteiger partial charge in [-0.1, -0.05) is 6.58 Å². The Labute approximate surface area is 93.7 Å². The van der Waals surface area contributed by atoms with Crippen LogP contribution in [0, 0.1) is 0 Å². The number of ether oxygens (including phenoxy) is 1. The van der Waals surface area contributed by atoms with E-state index in [0.717, 1.165) is 0 Å². The maximum absolute atomic E-state index is 4.95. The fraction of sp³-hybridized carbons (Fsp3) is 0.500. The van der Waals surface area contributed by atoms with Gasteiger partial charge in [0.1, 0.15) is 0 Å². The van der Waals surface area contributed by atoms with Gasteiger partial charge in [-0.25, -0.2) is 0 Å². The zero-order valence-electron chi connectivity index (χ0n) is 6.18. The minimum atomic E-state index is -0.931. The minimum Gasteiger partial charge on any atom is 0 e. The van der Waals surface area contributed by atoms with E-state index in [0.29, 0.717) is 0 Å². The third-order valence-corrected chi connectivity index (χ3v) is 0.615. The van der Waals surface area contributed by atoms with Gasteiger partial charge in [-0.2, -0.15) is 9.78 Å². The molecule has 0 aromatic carbocycles. The molecule has 1 saturated heterocycles. The van der Waals surface area contributed by atoms with E-state index in [2.05, 4.69) is 21.1 Å². The molecule has 0 N–H and O–H groups in total. The van der Waals surface area contributed by atoms with E-state index in [1.807, 2.05) is 0 Å². The first-order valence-electron chi connectivity index (χ1n) is 2.46. The summed E-state index contributed by atoms with van der Waals surface area (Å²) >= 11 is -0.931. The van der Waals surface area contributed by atoms with Crippen molar-refractivity contribution in [3.05, 3.63) is 12.8 Å². The van der Waals surface area contributed by atoms with Crippen molar-refractivity contribution in [2.45, 2.75) is 12.9 Å². The minimum absolute atomic E-state index is 0. The molecular weight excluding hydrogens is 298 g/mol. The zero-order valence-corrected chi connectivity index (χ0v) is 13.6. The Morgan fingerprint density at radius 3 is 2.00 bits per heavy atom. The van der Waals surface area contributed by atoms with E-state index in [-0.39, 0.29) is 19.5 Å². The van der Waals surface area contributed by atoms with Crippen LogP contribution in [0.4, 0.5) is 0 Å². The van der Waals surface area contributed by atoms with Gasteiger partial charge < -0.3 is 4.74 Å². The second-order valence-electron chi connectivity index (χ2n) is 1.41. The van der Waals surface area contributed by atoms with E-state index in [1.165, 1.54) is 6.26 Å². The smallest absolute Gasteiger partial charge is 0 e. The van der Waals surface area contributed by atoms with Gasteiger partial charge in [-0.15, -0.1) is 0 Å². The van der Waals surface area contributed by atoms with Gasteiger partial charge in [-0.05, 0) is 0 Å². The third-order valence-electron chi connectivity index (χ3n) is 0.615. The molecule has 0 unspecified atom stereocenters. The van der Waals surface area contributed by atoms with Crippen LogP contribution in [-0.4, -0.2) is 5.97 Å². The van der Waals surface area contributed by atoms with Crippen molar-refractivity contribution in [3.8, 4) is 0 Å². The molecule has 0 amide bonds. The molecule has 0 bridgehead atoms. The van der Waals surface area contributed by atoms with E-state index in [9.17, 15) is 0 Å². The predicted molar refractivity (Wildman–Crippen MR) is 33.6 cm³/mol. The Morgan fingerprint density at radius 2 is 1.91 bits per heavy atom. The average molecular weight is 304 g/mol. The van der Waals surface area contributed by atoms with Gasteiger partial charge in [0.05, 0.1) is 6.26 Å². The summed E-state index contributed by atoms with van der Waals surface area (Å²) in [4.78, 5) is 8.69. The summed E-state index contributed by atoms with van der Waals surface area (Å²) in [7, 11) is 9.90. The molecule has 1 fully saturated rings. The van der Waals surface area contributed by atoms with Gasteiger partial charge in [0, 0.05) is 26.4 Å². The van der Waals surface area contributed by atoms with Crippen LogP contribution in [0.15, 0.2) is 12.8 Å². The summed E-state index contributed by atoms with van der Waals surface area (Å²) in [5, 5.41) is 0. The number of hydrogen-bond donors (Lipinski definition) is 0. The summed E-state index contributed by atoms with van der Waals surface area (Å²) in [6.07, 6.45) is 1.27. The van der Waals surface area contributed by atoms with Crippen molar-refractivity contribution in [3.63, 3.8) is 0 Å². The van der Waals surface area contributed by atoms with Crippen LogP contribution in [0.1, 0.15) is 6.92 Å². The van der Waals surface area contributed by atoms with E-state index < -0.39 is 21.1 Å². The second kappa shape index (κ2) is 7.91. The zero-order chi connectivity index (χ0) is 8.04. The van der Waals surface area contributed by atoms with Crippen LogP contribution in [0.25, 0.3) is 0 Å². The third kappa shape index (κ3) is 9.20. The van der Waals surface area contributed by atoms with Crippen LogP contribution in [0.5, 0.6) is 0 Å². The number of halogens is 2. The Balaban J connectivity index is 0. The number of rotatable bonds is 2. The first-order chi connectivity index (χ1) is 4.68. The van der Waals surface area contributed by atoms with Crippen LogP contribution in [-0.2, 0) is 49.1 Å². The fourth-order valence-electron chi connectivity index (χ4n) is 0.249. The van der Waals surface area contributed by atoms with Crippen molar-refractivity contribution in [1.29, 1.82) is 0 Å². The Kier molecular flexibility index (Phi) is 10.6. The van der Waals surface area contributed by atoms with Crippen LogP contribution in [0.2, 0.25) is 0 Å². The first kappa shape index (κ1) is 14.8. The normalized spacial score (nSPS) is 15.9. The van der Waals surface area contributed by atoms with Gasteiger partial charge in [-0.3, -0.25) is 0 Å². The van der Waals surface area contributed by atoms with Crippen molar-refractivity contribution in [2.75, 3.05) is 0 Å². The fourth-order valence-corrected chi connectivity index (χ4v) is 0.249. The van der Waals surface area contributed by atoms with Crippen molar-refractivity contribution in [1.82, 2.24) is 0 Å². The largest absolute Gasteiger partial charge is 0 e. The molecule has 7 heteroatoms. The maximum Gasteiger partial charge on any atom is 0 e. The Bertz CT molecular complexity index is 110. The van der Waals surface area contributed by atoms with Crippen molar-refractivity contribution < 1.29 is 49.1 Å². The molecule has 0 spiro atoms. The van der Waals surface area contributed by atoms with Gasteiger partial charge in [0.15, 0.2) is 0 Å². The maximum atomic E-state index is 4.95. The molecule has 0 atom stereocenters.